The topological polar surface area (TPSA) is 72.1 Å². The molecule has 2 aromatic rings. The Hall–Kier alpha value is -2.93. The molecule has 174 valence electrons. The van der Waals surface area contributed by atoms with Gasteiger partial charge in [0.2, 0.25) is 0 Å². The molecule has 0 saturated heterocycles. The molecule has 0 bridgehead atoms. The molecule has 7 nitrogen and oxygen atoms in total. The van der Waals surface area contributed by atoms with Gasteiger partial charge in [0.25, 0.3) is 0 Å². The molecule has 2 amide bonds. The number of ether oxygens (including phenoxy) is 3. The maximum Gasteiger partial charge on any atom is 0.315 e. The highest BCUT2D eigenvalue weighted by Gasteiger charge is 2.34. The Morgan fingerprint density at radius 2 is 1.75 bits per heavy atom. The lowest BCUT2D eigenvalue weighted by atomic mass is 9.87. The van der Waals surface area contributed by atoms with Crippen LogP contribution in [0.4, 0.5) is 4.79 Å². The molecule has 0 aliphatic carbocycles. The molecular formula is C25H35N3O4. The van der Waals surface area contributed by atoms with E-state index in [9.17, 15) is 4.79 Å². The van der Waals surface area contributed by atoms with Crippen molar-refractivity contribution in [1.29, 1.82) is 0 Å². The normalized spacial score (nSPS) is 16.8. The fourth-order valence-corrected chi connectivity index (χ4v) is 4.39. The number of methoxy groups -OCH3 is 3. The van der Waals surface area contributed by atoms with Crippen LogP contribution in [0.2, 0.25) is 0 Å². The molecule has 7 heteroatoms. The summed E-state index contributed by atoms with van der Waals surface area (Å²) in [6.45, 7) is 7.56. The molecule has 2 N–H and O–H groups in total. The molecule has 2 aromatic carbocycles. The number of nitrogens with zero attached hydrogens (tertiary/aromatic N) is 1. The first kappa shape index (κ1) is 23.7. The maximum absolute atomic E-state index is 12.5. The summed E-state index contributed by atoms with van der Waals surface area (Å²) in [7, 11) is 4.98. The zero-order valence-electron chi connectivity index (χ0n) is 19.9. The summed E-state index contributed by atoms with van der Waals surface area (Å²) in [6, 6.07) is 12.0. The number of fused-ring (bicyclic) bond motifs is 1. The zero-order chi connectivity index (χ0) is 23.3. The summed E-state index contributed by atoms with van der Waals surface area (Å²) in [5.41, 5.74) is 3.53. The van der Waals surface area contributed by atoms with E-state index in [1.165, 1.54) is 5.56 Å². The third kappa shape index (κ3) is 5.46. The van der Waals surface area contributed by atoms with Crippen molar-refractivity contribution < 1.29 is 19.0 Å². The van der Waals surface area contributed by atoms with E-state index in [0.717, 1.165) is 42.1 Å². The number of carbonyl (C=O) groups is 1. The van der Waals surface area contributed by atoms with Crippen molar-refractivity contribution in [2.24, 2.45) is 0 Å². The van der Waals surface area contributed by atoms with Crippen LogP contribution in [0.5, 0.6) is 17.2 Å². The number of urea groups is 1. The van der Waals surface area contributed by atoms with Crippen molar-refractivity contribution in [3.63, 3.8) is 0 Å². The van der Waals surface area contributed by atoms with E-state index in [2.05, 4.69) is 46.7 Å². The molecule has 32 heavy (non-hydrogen) atoms. The van der Waals surface area contributed by atoms with Crippen LogP contribution in [-0.4, -0.2) is 50.9 Å². The predicted molar refractivity (Wildman–Crippen MR) is 126 cm³/mol. The number of nitrogens with one attached hydrogen (secondary N) is 2. The molecule has 0 fully saturated rings. The van der Waals surface area contributed by atoms with Gasteiger partial charge in [0, 0.05) is 25.2 Å². The van der Waals surface area contributed by atoms with Gasteiger partial charge in [-0.3, -0.25) is 4.90 Å². The first-order chi connectivity index (χ1) is 15.4. The minimum absolute atomic E-state index is 0.0253. The van der Waals surface area contributed by atoms with E-state index in [-0.39, 0.29) is 24.2 Å². The van der Waals surface area contributed by atoms with Crippen LogP contribution in [0.3, 0.4) is 0 Å². The predicted octanol–water partition coefficient (Wildman–Crippen LogP) is 3.91. The van der Waals surface area contributed by atoms with E-state index in [1.807, 2.05) is 26.0 Å². The average Bonchev–Trinajstić information content (AvgIpc) is 2.77. The van der Waals surface area contributed by atoms with Crippen molar-refractivity contribution in [1.82, 2.24) is 15.5 Å². The van der Waals surface area contributed by atoms with Crippen LogP contribution in [0.15, 0.2) is 36.4 Å². The van der Waals surface area contributed by atoms with E-state index >= 15 is 0 Å². The van der Waals surface area contributed by atoms with E-state index < -0.39 is 0 Å². The summed E-state index contributed by atoms with van der Waals surface area (Å²) < 4.78 is 16.5. The van der Waals surface area contributed by atoms with Crippen molar-refractivity contribution in [2.75, 3.05) is 27.9 Å². The van der Waals surface area contributed by atoms with Gasteiger partial charge < -0.3 is 24.8 Å². The standard InChI is InChI=1S/C25H35N3O4/c1-16(2)26-25(29)27-17(3)24-21-14-23(32-6)22(31-5)13-19(21)10-11-28(24)15-18-8-7-9-20(12-18)30-4/h7-9,12-14,16-17,24H,10-11,15H2,1-6H3,(H2,26,27,29)/t17-,24-/m1/s1. The van der Waals surface area contributed by atoms with Gasteiger partial charge in [-0.25, -0.2) is 4.79 Å². The Labute approximate surface area is 191 Å². The minimum atomic E-state index is -0.165. The summed E-state index contributed by atoms with van der Waals surface area (Å²) in [5, 5.41) is 6.07. The summed E-state index contributed by atoms with van der Waals surface area (Å²) in [5.74, 6) is 2.26. The van der Waals surface area contributed by atoms with E-state index in [4.69, 9.17) is 14.2 Å². The second kappa shape index (κ2) is 10.6. The molecule has 1 aliphatic rings. The lowest BCUT2D eigenvalue weighted by molar-refractivity contribution is 0.143. The highest BCUT2D eigenvalue weighted by atomic mass is 16.5. The highest BCUT2D eigenvalue weighted by Crippen LogP contribution is 2.40. The SMILES string of the molecule is COc1cccc(CN2CCc3cc(OC)c(OC)cc3[C@H]2[C@@H](C)NC(=O)NC(C)C)c1. The highest BCUT2D eigenvalue weighted by molar-refractivity contribution is 5.74. The average molecular weight is 442 g/mol. The van der Waals surface area contributed by atoms with Gasteiger partial charge in [-0.2, -0.15) is 0 Å². The van der Waals surface area contributed by atoms with Crippen LogP contribution >= 0.6 is 0 Å². The Balaban J connectivity index is 1.96. The molecule has 0 unspecified atom stereocenters. The zero-order valence-corrected chi connectivity index (χ0v) is 19.9. The Morgan fingerprint density at radius 1 is 1.03 bits per heavy atom. The first-order valence-corrected chi connectivity index (χ1v) is 11.0. The van der Waals surface area contributed by atoms with E-state index in [0.29, 0.717) is 5.75 Å². The van der Waals surface area contributed by atoms with Gasteiger partial charge in [0.05, 0.1) is 27.4 Å². The van der Waals surface area contributed by atoms with Gasteiger partial charge >= 0.3 is 6.03 Å². The van der Waals surface area contributed by atoms with Crippen molar-refractivity contribution >= 4 is 6.03 Å². The monoisotopic (exact) mass is 441 g/mol. The molecule has 0 saturated carbocycles. The number of hydrogen-bond donors (Lipinski definition) is 2. The third-order valence-corrected chi connectivity index (χ3v) is 5.80. The second-order valence-corrected chi connectivity index (χ2v) is 8.48. The first-order valence-electron chi connectivity index (χ1n) is 11.0. The van der Waals surface area contributed by atoms with Crippen molar-refractivity contribution in [2.45, 2.75) is 51.9 Å². The largest absolute Gasteiger partial charge is 0.497 e. The summed E-state index contributed by atoms with van der Waals surface area (Å²) >= 11 is 0. The maximum atomic E-state index is 12.5. The van der Waals surface area contributed by atoms with Crippen LogP contribution in [0.1, 0.15) is 43.5 Å². The van der Waals surface area contributed by atoms with E-state index in [1.54, 1.807) is 21.3 Å². The number of amides is 2. The van der Waals surface area contributed by atoms with Gasteiger partial charge in [-0.15, -0.1) is 0 Å². The van der Waals surface area contributed by atoms with Gasteiger partial charge in [0.1, 0.15) is 5.75 Å². The summed E-state index contributed by atoms with van der Waals surface area (Å²) in [4.78, 5) is 14.9. The van der Waals surface area contributed by atoms with Crippen LogP contribution in [0.25, 0.3) is 0 Å². The van der Waals surface area contributed by atoms with Crippen molar-refractivity contribution in [3.05, 3.63) is 53.1 Å². The van der Waals surface area contributed by atoms with Gasteiger partial charge in [-0.1, -0.05) is 12.1 Å². The molecule has 3 rings (SSSR count). The summed E-state index contributed by atoms with van der Waals surface area (Å²) in [6.07, 6.45) is 0.890. The molecule has 1 heterocycles. The molecule has 0 aromatic heterocycles. The smallest absolute Gasteiger partial charge is 0.315 e. The number of benzene rings is 2. The second-order valence-electron chi connectivity index (χ2n) is 8.48. The molecular weight excluding hydrogens is 406 g/mol. The van der Waals surface area contributed by atoms with Crippen molar-refractivity contribution in [3.8, 4) is 17.2 Å². The molecule has 0 radical (unpaired) electrons. The third-order valence-electron chi connectivity index (χ3n) is 5.80. The number of carbonyl (C=O) groups excluding carboxylic acids is 1. The molecule has 2 atom stereocenters. The van der Waals surface area contributed by atoms with Crippen LogP contribution < -0.4 is 24.8 Å². The number of rotatable bonds is 8. The fraction of sp³-hybridized carbons (Fsp3) is 0.480. The fourth-order valence-electron chi connectivity index (χ4n) is 4.39. The van der Waals surface area contributed by atoms with Gasteiger partial charge in [-0.05, 0) is 68.1 Å². The Kier molecular flexibility index (Phi) is 7.85. The lowest BCUT2D eigenvalue weighted by Crippen LogP contribution is -2.50. The Bertz CT molecular complexity index is 931. The van der Waals surface area contributed by atoms with Crippen LogP contribution in [0, 0.1) is 0 Å². The molecule has 0 spiro atoms. The molecule has 1 aliphatic heterocycles. The minimum Gasteiger partial charge on any atom is -0.497 e. The quantitative estimate of drug-likeness (QED) is 0.650. The lowest BCUT2D eigenvalue weighted by Gasteiger charge is -2.41. The van der Waals surface area contributed by atoms with Gasteiger partial charge in [0.15, 0.2) is 11.5 Å². The Morgan fingerprint density at radius 3 is 2.41 bits per heavy atom. The number of hydrogen-bond acceptors (Lipinski definition) is 5. The van der Waals surface area contributed by atoms with Crippen LogP contribution in [-0.2, 0) is 13.0 Å².